The number of halogens is 1. The molecule has 90 valence electrons. The van der Waals surface area contributed by atoms with Gasteiger partial charge in [-0.2, -0.15) is 4.99 Å². The first-order valence-corrected chi connectivity index (χ1v) is 5.29. The van der Waals surface area contributed by atoms with E-state index in [-0.39, 0.29) is 17.1 Å². The lowest BCUT2D eigenvalue weighted by Gasteiger charge is -2.37. The quantitative estimate of drug-likeness (QED) is 0.648. The summed E-state index contributed by atoms with van der Waals surface area (Å²) < 4.78 is 18.7. The van der Waals surface area contributed by atoms with Crippen LogP contribution in [-0.2, 0) is 10.3 Å². The summed E-state index contributed by atoms with van der Waals surface area (Å²) in [5.74, 6) is -0.672. The van der Waals surface area contributed by atoms with E-state index in [1.165, 1.54) is 19.3 Å². The van der Waals surface area contributed by atoms with Crippen molar-refractivity contribution >= 4 is 6.08 Å². The highest BCUT2D eigenvalue weighted by Crippen LogP contribution is 2.47. The molecular weight excluding hydrogens is 225 g/mol. The van der Waals surface area contributed by atoms with Gasteiger partial charge in [0.25, 0.3) is 0 Å². The number of rotatable bonds is 3. The Morgan fingerprint density at radius 1 is 1.53 bits per heavy atom. The smallest absolute Gasteiger partial charge is 0.235 e. The van der Waals surface area contributed by atoms with Gasteiger partial charge in [0.1, 0.15) is 11.4 Å². The van der Waals surface area contributed by atoms with Crippen molar-refractivity contribution in [3.05, 3.63) is 23.5 Å². The first-order chi connectivity index (χ1) is 8.13. The molecule has 0 atom stereocenters. The standard InChI is InChI=1S/C12H12FNO3/c1-17-11-5-8(9(13)6-10(11)16)12(14-7-15)3-2-4-12/h5-6,16H,2-4H2,1H3. The second kappa shape index (κ2) is 4.18. The number of phenolic OH excluding ortho intramolecular Hbond substituents is 1. The average molecular weight is 237 g/mol. The Labute approximate surface area is 97.7 Å². The van der Waals surface area contributed by atoms with Crippen molar-refractivity contribution in [1.29, 1.82) is 0 Å². The fraction of sp³-hybridized carbons (Fsp3) is 0.417. The molecule has 0 aromatic heterocycles. The van der Waals surface area contributed by atoms with E-state index in [1.807, 2.05) is 0 Å². The number of carbonyl (C=O) groups excluding carboxylic acids is 1. The largest absolute Gasteiger partial charge is 0.504 e. The monoisotopic (exact) mass is 237 g/mol. The number of ether oxygens (including phenoxy) is 1. The summed E-state index contributed by atoms with van der Waals surface area (Å²) in [5.41, 5.74) is -0.547. The van der Waals surface area contributed by atoms with Crippen LogP contribution in [0.5, 0.6) is 11.5 Å². The van der Waals surface area contributed by atoms with E-state index in [2.05, 4.69) is 4.99 Å². The zero-order chi connectivity index (χ0) is 12.5. The highest BCUT2D eigenvalue weighted by atomic mass is 19.1. The molecule has 0 unspecified atom stereocenters. The summed E-state index contributed by atoms with van der Waals surface area (Å²) in [7, 11) is 1.38. The summed E-state index contributed by atoms with van der Waals surface area (Å²) in [4.78, 5) is 14.1. The highest BCUT2D eigenvalue weighted by molar-refractivity contribution is 5.47. The van der Waals surface area contributed by atoms with Gasteiger partial charge in [0.15, 0.2) is 11.5 Å². The minimum Gasteiger partial charge on any atom is -0.504 e. The van der Waals surface area contributed by atoms with Gasteiger partial charge in [0.2, 0.25) is 6.08 Å². The number of nitrogens with zero attached hydrogens (tertiary/aromatic N) is 1. The Hall–Kier alpha value is -1.87. The van der Waals surface area contributed by atoms with Gasteiger partial charge in [0, 0.05) is 11.6 Å². The van der Waals surface area contributed by atoms with E-state index in [4.69, 9.17) is 4.74 Å². The normalized spacial score (nSPS) is 16.8. The fourth-order valence-corrected chi connectivity index (χ4v) is 2.10. The maximum absolute atomic E-state index is 13.8. The number of methoxy groups -OCH3 is 1. The van der Waals surface area contributed by atoms with E-state index in [9.17, 15) is 14.3 Å². The van der Waals surface area contributed by atoms with Crippen molar-refractivity contribution in [2.45, 2.75) is 24.8 Å². The molecule has 5 heteroatoms. The van der Waals surface area contributed by atoms with Crippen molar-refractivity contribution in [3.63, 3.8) is 0 Å². The maximum Gasteiger partial charge on any atom is 0.235 e. The summed E-state index contributed by atoms with van der Waals surface area (Å²) in [5, 5.41) is 9.43. The van der Waals surface area contributed by atoms with Crippen LogP contribution >= 0.6 is 0 Å². The fourth-order valence-electron chi connectivity index (χ4n) is 2.10. The number of phenols is 1. The Morgan fingerprint density at radius 3 is 2.71 bits per heavy atom. The van der Waals surface area contributed by atoms with E-state index >= 15 is 0 Å². The van der Waals surface area contributed by atoms with Gasteiger partial charge in [-0.1, -0.05) is 0 Å². The number of isocyanates is 1. The van der Waals surface area contributed by atoms with Crippen molar-refractivity contribution in [2.75, 3.05) is 7.11 Å². The van der Waals surface area contributed by atoms with Crippen LogP contribution in [0.4, 0.5) is 4.39 Å². The van der Waals surface area contributed by atoms with Crippen molar-refractivity contribution in [2.24, 2.45) is 4.99 Å². The number of benzene rings is 1. The third-order valence-electron chi connectivity index (χ3n) is 3.21. The number of aliphatic imine (C=N–C) groups is 1. The predicted molar refractivity (Wildman–Crippen MR) is 58.3 cm³/mol. The Bertz CT molecular complexity index is 491. The minimum absolute atomic E-state index is 0.175. The Kier molecular flexibility index (Phi) is 2.86. The Balaban J connectivity index is 2.54. The second-order valence-electron chi connectivity index (χ2n) is 4.09. The third-order valence-corrected chi connectivity index (χ3v) is 3.21. The van der Waals surface area contributed by atoms with Gasteiger partial charge in [0.05, 0.1) is 7.11 Å². The number of aromatic hydroxyl groups is 1. The molecule has 1 aromatic carbocycles. The Morgan fingerprint density at radius 2 is 2.24 bits per heavy atom. The molecule has 4 nitrogen and oxygen atoms in total. The minimum atomic E-state index is -0.827. The second-order valence-corrected chi connectivity index (χ2v) is 4.09. The van der Waals surface area contributed by atoms with Crippen molar-refractivity contribution in [3.8, 4) is 11.5 Å². The topological polar surface area (TPSA) is 58.9 Å². The molecule has 2 rings (SSSR count). The van der Waals surface area contributed by atoms with Gasteiger partial charge in [-0.05, 0) is 25.3 Å². The van der Waals surface area contributed by atoms with Gasteiger partial charge in [-0.25, -0.2) is 9.18 Å². The summed E-state index contributed by atoms with van der Waals surface area (Å²) >= 11 is 0. The molecule has 0 heterocycles. The van der Waals surface area contributed by atoms with Crippen LogP contribution in [0, 0.1) is 5.82 Å². The predicted octanol–water partition coefficient (Wildman–Crippen LogP) is 2.25. The van der Waals surface area contributed by atoms with Crippen LogP contribution in [0.2, 0.25) is 0 Å². The van der Waals surface area contributed by atoms with Crippen LogP contribution in [-0.4, -0.2) is 18.3 Å². The van der Waals surface area contributed by atoms with E-state index in [0.29, 0.717) is 12.8 Å². The van der Waals surface area contributed by atoms with Crippen molar-refractivity contribution < 1.29 is 19.0 Å². The molecule has 0 radical (unpaired) electrons. The molecule has 1 aliphatic carbocycles. The third kappa shape index (κ3) is 1.78. The van der Waals surface area contributed by atoms with Crippen LogP contribution < -0.4 is 4.74 Å². The molecular formula is C12H12FNO3. The van der Waals surface area contributed by atoms with Gasteiger partial charge in [-0.3, -0.25) is 0 Å². The molecule has 0 aliphatic heterocycles. The molecule has 1 N–H and O–H groups in total. The average Bonchev–Trinajstić information content (AvgIpc) is 2.24. The van der Waals surface area contributed by atoms with Crippen LogP contribution in [0.25, 0.3) is 0 Å². The molecule has 17 heavy (non-hydrogen) atoms. The first-order valence-electron chi connectivity index (χ1n) is 5.29. The highest BCUT2D eigenvalue weighted by Gasteiger charge is 2.41. The van der Waals surface area contributed by atoms with Gasteiger partial charge < -0.3 is 9.84 Å². The molecule has 1 aromatic rings. The number of hydrogen-bond acceptors (Lipinski definition) is 4. The van der Waals surface area contributed by atoms with Crippen molar-refractivity contribution in [1.82, 2.24) is 0 Å². The lowest BCUT2D eigenvalue weighted by molar-refractivity contribution is 0.245. The summed E-state index contributed by atoms with van der Waals surface area (Å²) in [6.07, 6.45) is 3.58. The number of hydrogen-bond donors (Lipinski definition) is 1. The first kappa shape index (κ1) is 11.6. The van der Waals surface area contributed by atoms with Gasteiger partial charge in [-0.15, -0.1) is 0 Å². The maximum atomic E-state index is 13.8. The summed E-state index contributed by atoms with van der Waals surface area (Å²) in [6.45, 7) is 0. The molecule has 1 aliphatic rings. The zero-order valence-electron chi connectivity index (χ0n) is 9.36. The lowest BCUT2D eigenvalue weighted by Crippen LogP contribution is -2.33. The van der Waals surface area contributed by atoms with E-state index < -0.39 is 11.4 Å². The molecule has 0 saturated heterocycles. The summed E-state index contributed by atoms with van der Waals surface area (Å²) in [6, 6.07) is 2.37. The molecule has 0 amide bonds. The lowest BCUT2D eigenvalue weighted by atomic mass is 9.72. The SMILES string of the molecule is COc1cc(C2(N=C=O)CCC2)c(F)cc1O. The van der Waals surface area contributed by atoms with Crippen LogP contribution in [0.1, 0.15) is 24.8 Å². The molecule has 1 saturated carbocycles. The van der Waals surface area contributed by atoms with E-state index in [0.717, 1.165) is 12.5 Å². The van der Waals surface area contributed by atoms with E-state index in [1.54, 1.807) is 0 Å². The zero-order valence-corrected chi connectivity index (χ0v) is 9.36. The van der Waals surface area contributed by atoms with Crippen LogP contribution in [0.15, 0.2) is 17.1 Å². The van der Waals surface area contributed by atoms with Crippen LogP contribution in [0.3, 0.4) is 0 Å². The molecule has 0 spiro atoms. The molecule has 0 bridgehead atoms. The van der Waals surface area contributed by atoms with Gasteiger partial charge >= 0.3 is 0 Å². The molecule has 1 fully saturated rings.